The number of amides is 1. The number of carbonyl (C=O) groups is 1. The Bertz CT molecular complexity index is 593. The molecule has 3 atom stereocenters. The molecule has 1 aliphatic carbocycles. The van der Waals surface area contributed by atoms with Crippen LogP contribution >= 0.6 is 0 Å². The molecular formula is C17H25N5O3. The van der Waals surface area contributed by atoms with E-state index in [-0.39, 0.29) is 18.4 Å². The van der Waals surface area contributed by atoms with E-state index >= 15 is 0 Å². The van der Waals surface area contributed by atoms with Gasteiger partial charge in [-0.05, 0) is 11.8 Å². The van der Waals surface area contributed by atoms with E-state index in [2.05, 4.69) is 25.1 Å². The maximum Gasteiger partial charge on any atom is 0.225 e. The molecule has 0 spiro atoms. The number of morpholine rings is 1. The molecule has 1 unspecified atom stereocenters. The maximum atomic E-state index is 12.0. The lowest BCUT2D eigenvalue weighted by molar-refractivity contribution is -0.123. The van der Waals surface area contributed by atoms with Crippen LogP contribution < -0.4 is 10.2 Å². The molecule has 2 saturated heterocycles. The summed E-state index contributed by atoms with van der Waals surface area (Å²) in [6.07, 6.45) is 3.82. The van der Waals surface area contributed by atoms with Crippen molar-refractivity contribution in [3.8, 4) is 0 Å². The summed E-state index contributed by atoms with van der Waals surface area (Å²) in [5, 5.41) is 11.6. The predicted molar refractivity (Wildman–Crippen MR) is 90.9 cm³/mol. The zero-order valence-corrected chi connectivity index (χ0v) is 14.3. The summed E-state index contributed by atoms with van der Waals surface area (Å²) in [4.78, 5) is 25.5. The monoisotopic (exact) mass is 347 g/mol. The number of likely N-dealkylation sites (tertiary alicyclic amines) is 1. The van der Waals surface area contributed by atoms with Gasteiger partial charge in [0, 0.05) is 63.1 Å². The fourth-order valence-electron chi connectivity index (χ4n) is 4.04. The second-order valence-corrected chi connectivity index (χ2v) is 7.05. The van der Waals surface area contributed by atoms with Gasteiger partial charge in [-0.25, -0.2) is 9.97 Å². The molecule has 2 N–H and O–H groups in total. The van der Waals surface area contributed by atoms with Gasteiger partial charge in [0.2, 0.25) is 11.9 Å². The van der Waals surface area contributed by atoms with Crippen molar-refractivity contribution in [1.29, 1.82) is 0 Å². The Morgan fingerprint density at radius 1 is 1.24 bits per heavy atom. The first-order valence-electron chi connectivity index (χ1n) is 9.01. The first-order valence-corrected chi connectivity index (χ1v) is 9.01. The van der Waals surface area contributed by atoms with Crippen LogP contribution in [-0.2, 0) is 16.1 Å². The Kier molecular flexibility index (Phi) is 4.82. The number of aliphatic hydroxyl groups excluding tert-OH is 1. The zero-order chi connectivity index (χ0) is 17.2. The van der Waals surface area contributed by atoms with Crippen molar-refractivity contribution in [2.75, 3.05) is 57.4 Å². The van der Waals surface area contributed by atoms with E-state index in [1.165, 1.54) is 0 Å². The number of anilines is 1. The van der Waals surface area contributed by atoms with E-state index in [9.17, 15) is 4.79 Å². The first kappa shape index (κ1) is 16.7. The molecule has 0 aromatic carbocycles. The average Bonchev–Trinajstić information content (AvgIpc) is 3.17. The fraction of sp³-hybridized carbons (Fsp3) is 0.706. The lowest BCUT2D eigenvalue weighted by Gasteiger charge is -2.26. The first-order chi connectivity index (χ1) is 12.3. The van der Waals surface area contributed by atoms with Crippen molar-refractivity contribution in [3.05, 3.63) is 18.0 Å². The van der Waals surface area contributed by atoms with Crippen molar-refractivity contribution in [2.24, 2.45) is 17.8 Å². The number of ether oxygens (including phenoxy) is 1. The number of aliphatic hydroxyl groups is 1. The number of piperidine rings is 1. The van der Waals surface area contributed by atoms with E-state index in [0.717, 1.165) is 57.4 Å². The van der Waals surface area contributed by atoms with Crippen LogP contribution in [0.1, 0.15) is 5.56 Å². The molecule has 2 aliphatic heterocycles. The van der Waals surface area contributed by atoms with Crippen molar-refractivity contribution in [1.82, 2.24) is 20.2 Å². The van der Waals surface area contributed by atoms with Gasteiger partial charge >= 0.3 is 0 Å². The minimum absolute atomic E-state index is 0.000364. The molecule has 1 aromatic rings. The molecule has 136 valence electrons. The average molecular weight is 347 g/mol. The van der Waals surface area contributed by atoms with Crippen LogP contribution in [0.2, 0.25) is 0 Å². The Morgan fingerprint density at radius 2 is 1.92 bits per heavy atom. The maximum absolute atomic E-state index is 12.0. The molecular weight excluding hydrogens is 322 g/mol. The standard InChI is InChI=1S/C17H25N5O3/c23-4-1-18-16(24)15-13-10-21(11-14(13)15)9-12-7-19-17(20-8-12)22-2-5-25-6-3-22/h7-8,13-15,23H,1-6,9-11H2,(H,18,24)/t13-,14+,15?. The highest BCUT2D eigenvalue weighted by Crippen LogP contribution is 2.51. The van der Waals surface area contributed by atoms with E-state index in [1.807, 2.05) is 12.4 Å². The third-order valence-corrected chi connectivity index (χ3v) is 5.38. The molecule has 8 heteroatoms. The minimum atomic E-state index is 0.000364. The van der Waals surface area contributed by atoms with Gasteiger partial charge < -0.3 is 20.1 Å². The van der Waals surface area contributed by atoms with Crippen LogP contribution in [0.25, 0.3) is 0 Å². The molecule has 1 amide bonds. The van der Waals surface area contributed by atoms with Crippen molar-refractivity contribution in [2.45, 2.75) is 6.54 Å². The number of hydrogen-bond donors (Lipinski definition) is 2. The molecule has 3 fully saturated rings. The van der Waals surface area contributed by atoms with Gasteiger partial charge in [0.15, 0.2) is 0 Å². The molecule has 0 bridgehead atoms. The molecule has 0 radical (unpaired) electrons. The number of rotatable bonds is 6. The van der Waals surface area contributed by atoms with Crippen LogP contribution in [-0.4, -0.2) is 78.4 Å². The van der Waals surface area contributed by atoms with Crippen molar-refractivity contribution < 1.29 is 14.6 Å². The Morgan fingerprint density at radius 3 is 2.56 bits per heavy atom. The van der Waals surface area contributed by atoms with E-state index < -0.39 is 0 Å². The van der Waals surface area contributed by atoms with Crippen molar-refractivity contribution in [3.63, 3.8) is 0 Å². The number of nitrogens with one attached hydrogen (secondary N) is 1. The Balaban J connectivity index is 1.25. The molecule has 3 aliphatic rings. The molecule has 8 nitrogen and oxygen atoms in total. The quantitative estimate of drug-likeness (QED) is 0.689. The smallest absolute Gasteiger partial charge is 0.225 e. The summed E-state index contributed by atoms with van der Waals surface area (Å²) >= 11 is 0. The highest BCUT2D eigenvalue weighted by molar-refractivity contribution is 5.82. The van der Waals surface area contributed by atoms with Gasteiger partial charge in [-0.1, -0.05) is 0 Å². The summed E-state index contributed by atoms with van der Waals surface area (Å²) in [7, 11) is 0. The summed E-state index contributed by atoms with van der Waals surface area (Å²) in [5.74, 6) is 1.95. The zero-order valence-electron chi connectivity index (χ0n) is 14.3. The number of fused-ring (bicyclic) bond motifs is 1. The second kappa shape index (κ2) is 7.23. The predicted octanol–water partition coefficient (Wildman–Crippen LogP) is -0.900. The highest BCUT2D eigenvalue weighted by atomic mass is 16.5. The van der Waals surface area contributed by atoms with Crippen LogP contribution in [0, 0.1) is 17.8 Å². The molecule has 1 aromatic heterocycles. The second-order valence-electron chi connectivity index (χ2n) is 7.05. The third kappa shape index (κ3) is 3.61. The Hall–Kier alpha value is -1.77. The van der Waals surface area contributed by atoms with Crippen LogP contribution in [0.3, 0.4) is 0 Å². The van der Waals surface area contributed by atoms with Crippen LogP contribution in [0.4, 0.5) is 5.95 Å². The number of aromatic nitrogens is 2. The fourth-order valence-corrected chi connectivity index (χ4v) is 4.04. The highest BCUT2D eigenvalue weighted by Gasteiger charge is 2.58. The number of nitrogens with zero attached hydrogens (tertiary/aromatic N) is 4. The van der Waals surface area contributed by atoms with Crippen LogP contribution in [0.15, 0.2) is 12.4 Å². The van der Waals surface area contributed by atoms with Gasteiger partial charge in [-0.2, -0.15) is 0 Å². The topological polar surface area (TPSA) is 90.8 Å². The van der Waals surface area contributed by atoms with E-state index in [1.54, 1.807) is 0 Å². The molecule has 25 heavy (non-hydrogen) atoms. The van der Waals surface area contributed by atoms with Gasteiger partial charge in [-0.15, -0.1) is 0 Å². The lowest BCUT2D eigenvalue weighted by Crippen LogP contribution is -2.37. The van der Waals surface area contributed by atoms with Gasteiger partial charge in [-0.3, -0.25) is 9.69 Å². The number of hydrogen-bond acceptors (Lipinski definition) is 7. The molecule has 1 saturated carbocycles. The normalized spacial score (nSPS) is 28.7. The van der Waals surface area contributed by atoms with Crippen LogP contribution in [0.5, 0.6) is 0 Å². The van der Waals surface area contributed by atoms with E-state index in [4.69, 9.17) is 9.84 Å². The van der Waals surface area contributed by atoms with Crippen molar-refractivity contribution >= 4 is 11.9 Å². The van der Waals surface area contributed by atoms with Gasteiger partial charge in [0.25, 0.3) is 0 Å². The summed E-state index contributed by atoms with van der Waals surface area (Å²) in [6, 6.07) is 0. The Labute approximate surface area is 147 Å². The summed E-state index contributed by atoms with van der Waals surface area (Å²) in [5.41, 5.74) is 1.11. The largest absolute Gasteiger partial charge is 0.395 e. The summed E-state index contributed by atoms with van der Waals surface area (Å²) < 4.78 is 5.35. The van der Waals surface area contributed by atoms with Gasteiger partial charge in [0.05, 0.1) is 19.8 Å². The van der Waals surface area contributed by atoms with E-state index in [0.29, 0.717) is 18.4 Å². The lowest BCUT2D eigenvalue weighted by atomic mass is 10.2. The summed E-state index contributed by atoms with van der Waals surface area (Å²) in [6.45, 7) is 6.24. The number of carbonyl (C=O) groups excluding carboxylic acids is 1. The molecule has 4 rings (SSSR count). The third-order valence-electron chi connectivity index (χ3n) is 5.38. The molecule has 3 heterocycles. The minimum Gasteiger partial charge on any atom is -0.395 e. The SMILES string of the molecule is O=C(NCCO)C1[C@H]2CN(Cc3cnc(N4CCOCC4)nc3)C[C@@H]12. The van der Waals surface area contributed by atoms with Gasteiger partial charge in [0.1, 0.15) is 0 Å².